The molecular formula is C16H24N2S. The minimum Gasteiger partial charge on any atom is -0.310 e. The maximum Gasteiger partial charge on any atom is 0.101 e. The minimum absolute atomic E-state index is 0.536. The van der Waals surface area contributed by atoms with Gasteiger partial charge in [-0.2, -0.15) is 0 Å². The third-order valence-corrected chi connectivity index (χ3v) is 5.69. The molecule has 0 amide bonds. The van der Waals surface area contributed by atoms with E-state index >= 15 is 0 Å². The van der Waals surface area contributed by atoms with E-state index in [1.165, 1.54) is 62.0 Å². The van der Waals surface area contributed by atoms with Gasteiger partial charge in [-0.3, -0.25) is 0 Å². The van der Waals surface area contributed by atoms with Crippen LogP contribution in [0.1, 0.15) is 63.0 Å². The van der Waals surface area contributed by atoms with Gasteiger partial charge in [0.15, 0.2) is 0 Å². The number of piperidine rings is 1. The largest absolute Gasteiger partial charge is 0.310 e. The lowest BCUT2D eigenvalue weighted by Crippen LogP contribution is -2.27. The van der Waals surface area contributed by atoms with E-state index in [-0.39, 0.29) is 0 Å². The molecule has 1 N–H and O–H groups in total. The summed E-state index contributed by atoms with van der Waals surface area (Å²) in [6.07, 6.45) is 12.9. The Labute approximate surface area is 120 Å². The van der Waals surface area contributed by atoms with Crippen molar-refractivity contribution in [2.24, 2.45) is 0 Å². The molecule has 104 valence electrons. The van der Waals surface area contributed by atoms with Gasteiger partial charge in [0.1, 0.15) is 5.03 Å². The molecule has 1 saturated heterocycles. The third kappa shape index (κ3) is 3.51. The highest BCUT2D eigenvalue weighted by Gasteiger charge is 2.21. The molecule has 19 heavy (non-hydrogen) atoms. The van der Waals surface area contributed by atoms with Crippen LogP contribution in [-0.2, 0) is 0 Å². The Kier molecular flexibility index (Phi) is 4.78. The van der Waals surface area contributed by atoms with E-state index in [4.69, 9.17) is 0 Å². The Morgan fingerprint density at radius 1 is 1.05 bits per heavy atom. The van der Waals surface area contributed by atoms with Crippen molar-refractivity contribution in [1.82, 2.24) is 10.3 Å². The van der Waals surface area contributed by atoms with E-state index in [1.807, 2.05) is 18.0 Å². The second-order valence-electron chi connectivity index (χ2n) is 5.78. The van der Waals surface area contributed by atoms with Crippen LogP contribution >= 0.6 is 11.8 Å². The molecule has 1 aromatic rings. The van der Waals surface area contributed by atoms with Crippen molar-refractivity contribution in [1.29, 1.82) is 0 Å². The van der Waals surface area contributed by atoms with Crippen LogP contribution in [0.3, 0.4) is 0 Å². The molecule has 2 heterocycles. The molecule has 2 nitrogen and oxygen atoms in total. The fourth-order valence-corrected chi connectivity index (χ4v) is 4.58. The standard InChI is InChI=1S/C16H24N2S/c1-2-7-13(8-3-1)19-16-14(9-6-12-18-16)15-10-4-5-11-17-15/h6,9,12-13,15,17H,1-5,7-8,10-11H2/t15-/m1/s1. The molecule has 1 aliphatic heterocycles. The molecule has 0 aromatic carbocycles. The van der Waals surface area contributed by atoms with E-state index in [1.54, 1.807) is 0 Å². The number of rotatable bonds is 3. The van der Waals surface area contributed by atoms with Gasteiger partial charge in [-0.1, -0.05) is 31.7 Å². The van der Waals surface area contributed by atoms with E-state index in [2.05, 4.69) is 22.4 Å². The molecule has 1 aromatic heterocycles. The highest BCUT2D eigenvalue weighted by molar-refractivity contribution is 7.99. The van der Waals surface area contributed by atoms with Crippen molar-refractivity contribution in [3.05, 3.63) is 23.9 Å². The summed E-state index contributed by atoms with van der Waals surface area (Å²) in [6.45, 7) is 1.16. The van der Waals surface area contributed by atoms with Gasteiger partial charge in [0, 0.05) is 23.1 Å². The first-order chi connectivity index (χ1) is 9.43. The average molecular weight is 276 g/mol. The normalized spacial score (nSPS) is 25.4. The Morgan fingerprint density at radius 2 is 1.89 bits per heavy atom. The molecule has 0 radical (unpaired) electrons. The molecule has 3 rings (SSSR count). The van der Waals surface area contributed by atoms with E-state index in [0.29, 0.717) is 6.04 Å². The maximum atomic E-state index is 4.67. The molecule has 3 heteroatoms. The summed E-state index contributed by atoms with van der Waals surface area (Å²) in [5.74, 6) is 0. The minimum atomic E-state index is 0.536. The first-order valence-electron chi connectivity index (χ1n) is 7.78. The predicted molar refractivity (Wildman–Crippen MR) is 81.6 cm³/mol. The van der Waals surface area contributed by atoms with Gasteiger partial charge >= 0.3 is 0 Å². The van der Waals surface area contributed by atoms with Crippen LogP contribution < -0.4 is 5.32 Å². The van der Waals surface area contributed by atoms with Crippen LogP contribution in [0, 0.1) is 0 Å². The van der Waals surface area contributed by atoms with Crippen LogP contribution in [0.5, 0.6) is 0 Å². The van der Waals surface area contributed by atoms with Gasteiger partial charge in [0.2, 0.25) is 0 Å². The number of nitrogens with one attached hydrogen (secondary N) is 1. The summed E-state index contributed by atoms with van der Waals surface area (Å²) in [4.78, 5) is 4.67. The molecule has 1 aliphatic carbocycles. The van der Waals surface area contributed by atoms with Crippen molar-refractivity contribution in [3.8, 4) is 0 Å². The van der Waals surface area contributed by atoms with Crippen molar-refractivity contribution in [2.45, 2.75) is 67.7 Å². The predicted octanol–water partition coefficient (Wildman–Crippen LogP) is 4.32. The molecule has 0 unspecified atom stereocenters. The van der Waals surface area contributed by atoms with Gasteiger partial charge in [-0.25, -0.2) is 4.98 Å². The summed E-state index contributed by atoms with van der Waals surface area (Å²) < 4.78 is 0. The summed E-state index contributed by atoms with van der Waals surface area (Å²) in [6, 6.07) is 4.91. The van der Waals surface area contributed by atoms with Crippen LogP contribution in [0.25, 0.3) is 0 Å². The molecule has 0 bridgehead atoms. The van der Waals surface area contributed by atoms with Gasteiger partial charge < -0.3 is 5.32 Å². The topological polar surface area (TPSA) is 24.9 Å². The number of hydrogen-bond donors (Lipinski definition) is 1. The third-order valence-electron chi connectivity index (χ3n) is 4.32. The summed E-state index contributed by atoms with van der Waals surface area (Å²) in [5.41, 5.74) is 1.44. The highest BCUT2D eigenvalue weighted by Crippen LogP contribution is 2.37. The van der Waals surface area contributed by atoms with Crippen molar-refractivity contribution in [3.63, 3.8) is 0 Å². The number of thioether (sulfide) groups is 1. The Balaban J connectivity index is 1.72. The van der Waals surface area contributed by atoms with Crippen LogP contribution in [-0.4, -0.2) is 16.8 Å². The average Bonchev–Trinajstić information content (AvgIpc) is 2.50. The number of nitrogens with zero attached hydrogens (tertiary/aromatic N) is 1. The number of aromatic nitrogens is 1. The molecule has 2 aliphatic rings. The van der Waals surface area contributed by atoms with Gasteiger partial charge in [-0.15, -0.1) is 11.8 Å². The number of hydrogen-bond acceptors (Lipinski definition) is 3. The van der Waals surface area contributed by atoms with Gasteiger partial charge in [0.25, 0.3) is 0 Å². The molecule has 1 saturated carbocycles. The lowest BCUT2D eigenvalue weighted by molar-refractivity contribution is 0.406. The number of pyridine rings is 1. The maximum absolute atomic E-state index is 4.67. The zero-order chi connectivity index (χ0) is 12.9. The summed E-state index contributed by atoms with van der Waals surface area (Å²) >= 11 is 2.03. The smallest absolute Gasteiger partial charge is 0.101 e. The lowest BCUT2D eigenvalue weighted by Gasteiger charge is -2.27. The Hall–Kier alpha value is -0.540. The fraction of sp³-hybridized carbons (Fsp3) is 0.688. The monoisotopic (exact) mass is 276 g/mol. The first kappa shape index (κ1) is 13.4. The second kappa shape index (κ2) is 6.76. The second-order valence-corrected chi connectivity index (χ2v) is 7.07. The summed E-state index contributed by atoms with van der Waals surface area (Å²) in [5, 5.41) is 5.74. The van der Waals surface area contributed by atoms with Gasteiger partial charge in [-0.05, 0) is 38.3 Å². The fourth-order valence-electron chi connectivity index (χ4n) is 3.23. The van der Waals surface area contributed by atoms with Crippen molar-refractivity contribution >= 4 is 11.8 Å². The van der Waals surface area contributed by atoms with Crippen LogP contribution in [0.2, 0.25) is 0 Å². The van der Waals surface area contributed by atoms with Crippen LogP contribution in [0.4, 0.5) is 0 Å². The van der Waals surface area contributed by atoms with E-state index < -0.39 is 0 Å². The summed E-state index contributed by atoms with van der Waals surface area (Å²) in [7, 11) is 0. The van der Waals surface area contributed by atoms with E-state index in [9.17, 15) is 0 Å². The zero-order valence-corrected chi connectivity index (χ0v) is 12.4. The van der Waals surface area contributed by atoms with Gasteiger partial charge in [0.05, 0.1) is 0 Å². The highest BCUT2D eigenvalue weighted by atomic mass is 32.2. The van der Waals surface area contributed by atoms with Crippen molar-refractivity contribution in [2.75, 3.05) is 6.54 Å². The lowest BCUT2D eigenvalue weighted by atomic mass is 9.99. The molecular weight excluding hydrogens is 252 g/mol. The molecule has 1 atom stereocenters. The first-order valence-corrected chi connectivity index (χ1v) is 8.66. The zero-order valence-electron chi connectivity index (χ0n) is 11.6. The molecule has 0 spiro atoms. The Bertz CT molecular complexity index is 395. The SMILES string of the molecule is c1cnc(SC2CCCCC2)c([C@H]2CCCCN2)c1. The van der Waals surface area contributed by atoms with Crippen LogP contribution in [0.15, 0.2) is 23.4 Å². The Morgan fingerprint density at radius 3 is 2.68 bits per heavy atom. The van der Waals surface area contributed by atoms with E-state index in [0.717, 1.165) is 11.8 Å². The van der Waals surface area contributed by atoms with Crippen molar-refractivity contribution < 1.29 is 0 Å². The quantitative estimate of drug-likeness (QED) is 0.890. The molecule has 2 fully saturated rings.